The Kier molecular flexibility index (Phi) is 6.55. The van der Waals surface area contributed by atoms with Gasteiger partial charge in [-0.2, -0.15) is 0 Å². The van der Waals surface area contributed by atoms with Crippen LogP contribution < -0.4 is 0 Å². The number of hydrogen-bond donors (Lipinski definition) is 0. The molecule has 0 rings (SSSR count). The summed E-state index contributed by atoms with van der Waals surface area (Å²) in [5.41, 5.74) is 0. The van der Waals surface area contributed by atoms with Gasteiger partial charge in [0.05, 0.1) is 12.7 Å². The van der Waals surface area contributed by atoms with Gasteiger partial charge in [0.25, 0.3) is 0 Å². The predicted molar refractivity (Wildman–Crippen MR) is 48.4 cm³/mol. The fraction of sp³-hybridized carbons (Fsp3) is 1.00. The Hall–Kier alpha value is 0.0700. The summed E-state index contributed by atoms with van der Waals surface area (Å²) >= 11 is 0. The second kappa shape index (κ2) is 6.51. The third-order valence-corrected chi connectivity index (χ3v) is 2.57. The molecule has 0 bridgehead atoms. The quantitative estimate of drug-likeness (QED) is 0.478. The van der Waals surface area contributed by atoms with Crippen molar-refractivity contribution in [3.05, 3.63) is 0 Å². The summed E-state index contributed by atoms with van der Waals surface area (Å²) in [4.78, 5) is 0. The molecule has 0 aliphatic heterocycles. The van der Waals surface area contributed by atoms with Gasteiger partial charge in [0, 0.05) is 7.11 Å². The minimum atomic E-state index is -3.38. The number of phosphoric ester groups is 1. The molecule has 0 heterocycles. The second-order valence-corrected chi connectivity index (χ2v) is 4.29. The lowest BCUT2D eigenvalue weighted by atomic mass is 10.5. The summed E-state index contributed by atoms with van der Waals surface area (Å²) in [5, 5.41) is 0. The highest BCUT2D eigenvalue weighted by atomic mass is 31.2. The van der Waals surface area contributed by atoms with Crippen molar-refractivity contribution >= 4 is 7.82 Å². The van der Waals surface area contributed by atoms with Crippen LogP contribution in [-0.2, 0) is 22.9 Å². The molecule has 0 aromatic rings. The summed E-state index contributed by atoms with van der Waals surface area (Å²) < 4.78 is 30.6. The summed E-state index contributed by atoms with van der Waals surface area (Å²) in [7, 11) is -2.11. The van der Waals surface area contributed by atoms with Gasteiger partial charge in [0.2, 0.25) is 0 Å². The number of ether oxygens (including phenoxy) is 1. The third-order valence-electron chi connectivity index (χ3n) is 1.12. The highest BCUT2D eigenvalue weighted by Gasteiger charge is 2.23. The minimum Gasteiger partial charge on any atom is -0.352 e. The summed E-state index contributed by atoms with van der Waals surface area (Å²) in [6, 6.07) is 0. The van der Waals surface area contributed by atoms with Gasteiger partial charge in [0.15, 0.2) is 6.79 Å². The number of phosphoric acid groups is 1. The van der Waals surface area contributed by atoms with Crippen molar-refractivity contribution in [1.82, 2.24) is 0 Å². The molecule has 80 valence electrons. The van der Waals surface area contributed by atoms with Gasteiger partial charge in [-0.25, -0.2) is 4.57 Å². The summed E-state index contributed by atoms with van der Waals surface area (Å²) in [6.07, 6.45) is 0.0203. The fourth-order valence-electron chi connectivity index (χ4n) is 0.532. The van der Waals surface area contributed by atoms with Crippen molar-refractivity contribution in [2.75, 3.05) is 20.5 Å². The van der Waals surface area contributed by atoms with Crippen molar-refractivity contribution in [3.8, 4) is 0 Å². The van der Waals surface area contributed by atoms with Crippen LogP contribution in [0.15, 0.2) is 0 Å². The topological polar surface area (TPSA) is 54.0 Å². The first kappa shape index (κ1) is 13.1. The standard InChI is InChI=1S/C7H17O5P/c1-5-11-13(8,9-4)12-6-10-7(2)3/h7H,5-6H2,1-4H3. The Balaban J connectivity index is 3.77. The molecule has 13 heavy (non-hydrogen) atoms. The van der Waals surface area contributed by atoms with E-state index >= 15 is 0 Å². The molecule has 1 unspecified atom stereocenters. The molecule has 0 fully saturated rings. The van der Waals surface area contributed by atoms with Crippen LogP contribution in [0.3, 0.4) is 0 Å². The third kappa shape index (κ3) is 6.18. The lowest BCUT2D eigenvalue weighted by molar-refractivity contribution is -0.0389. The van der Waals surface area contributed by atoms with Crippen LogP contribution in [0.2, 0.25) is 0 Å². The molecule has 0 saturated heterocycles. The van der Waals surface area contributed by atoms with Crippen LogP contribution >= 0.6 is 7.82 Å². The maximum Gasteiger partial charge on any atom is 0.476 e. The highest BCUT2D eigenvalue weighted by molar-refractivity contribution is 7.48. The van der Waals surface area contributed by atoms with Crippen molar-refractivity contribution < 1.29 is 22.9 Å². The number of rotatable bonds is 7. The Labute approximate surface area is 78.9 Å². The van der Waals surface area contributed by atoms with Crippen molar-refractivity contribution in [2.24, 2.45) is 0 Å². The highest BCUT2D eigenvalue weighted by Crippen LogP contribution is 2.48. The normalized spacial score (nSPS) is 16.1. The average Bonchev–Trinajstić information content (AvgIpc) is 2.04. The van der Waals surface area contributed by atoms with Crippen LogP contribution in [0.25, 0.3) is 0 Å². The van der Waals surface area contributed by atoms with Gasteiger partial charge in [-0.1, -0.05) is 0 Å². The minimum absolute atomic E-state index is 0.0203. The largest absolute Gasteiger partial charge is 0.476 e. The van der Waals surface area contributed by atoms with E-state index in [1.165, 1.54) is 7.11 Å². The Bertz CT molecular complexity index is 170. The molecule has 0 aromatic carbocycles. The smallest absolute Gasteiger partial charge is 0.352 e. The van der Waals surface area contributed by atoms with E-state index in [9.17, 15) is 4.57 Å². The SMILES string of the molecule is CCOP(=O)(OC)OCOC(C)C. The molecule has 0 amide bonds. The van der Waals surface area contributed by atoms with Gasteiger partial charge >= 0.3 is 7.82 Å². The van der Waals surface area contributed by atoms with E-state index in [1.54, 1.807) is 6.92 Å². The zero-order chi connectivity index (χ0) is 10.3. The molecule has 0 aliphatic carbocycles. The second-order valence-electron chi connectivity index (χ2n) is 2.51. The van der Waals surface area contributed by atoms with Crippen molar-refractivity contribution in [2.45, 2.75) is 26.9 Å². The summed E-state index contributed by atoms with van der Waals surface area (Å²) in [5.74, 6) is 0. The Morgan fingerprint density at radius 1 is 1.31 bits per heavy atom. The first-order chi connectivity index (χ1) is 6.04. The molecular formula is C7H17O5P. The molecule has 1 atom stereocenters. The Morgan fingerprint density at radius 2 is 1.92 bits per heavy atom. The van der Waals surface area contributed by atoms with E-state index < -0.39 is 7.82 Å². The molecule has 0 saturated carbocycles. The van der Waals surface area contributed by atoms with Crippen LogP contribution in [0, 0.1) is 0 Å². The van der Waals surface area contributed by atoms with Crippen LogP contribution in [-0.4, -0.2) is 26.6 Å². The molecular weight excluding hydrogens is 195 g/mol. The maximum absolute atomic E-state index is 11.4. The van der Waals surface area contributed by atoms with Crippen molar-refractivity contribution in [1.29, 1.82) is 0 Å². The zero-order valence-electron chi connectivity index (χ0n) is 8.48. The molecule has 0 spiro atoms. The van der Waals surface area contributed by atoms with Gasteiger partial charge < -0.3 is 4.74 Å². The monoisotopic (exact) mass is 212 g/mol. The first-order valence-electron chi connectivity index (χ1n) is 4.10. The lowest BCUT2D eigenvalue weighted by Crippen LogP contribution is -2.07. The fourth-order valence-corrected chi connectivity index (χ4v) is 1.32. The molecule has 0 aliphatic rings. The number of hydrogen-bond acceptors (Lipinski definition) is 5. The van der Waals surface area contributed by atoms with Crippen LogP contribution in [0.4, 0.5) is 0 Å². The van der Waals surface area contributed by atoms with E-state index in [2.05, 4.69) is 4.52 Å². The van der Waals surface area contributed by atoms with Gasteiger partial charge in [0.1, 0.15) is 0 Å². The van der Waals surface area contributed by atoms with E-state index in [4.69, 9.17) is 13.8 Å². The molecule has 0 aromatic heterocycles. The van der Waals surface area contributed by atoms with Crippen LogP contribution in [0.5, 0.6) is 0 Å². The van der Waals surface area contributed by atoms with Crippen molar-refractivity contribution in [3.63, 3.8) is 0 Å². The van der Waals surface area contributed by atoms with Gasteiger partial charge in [-0.3, -0.25) is 13.6 Å². The predicted octanol–water partition coefficient (Wildman–Crippen LogP) is 2.18. The van der Waals surface area contributed by atoms with Gasteiger partial charge in [-0.15, -0.1) is 0 Å². The van der Waals surface area contributed by atoms with E-state index in [0.717, 1.165) is 0 Å². The molecule has 5 nitrogen and oxygen atoms in total. The first-order valence-corrected chi connectivity index (χ1v) is 5.56. The van der Waals surface area contributed by atoms with E-state index in [-0.39, 0.29) is 19.5 Å². The van der Waals surface area contributed by atoms with E-state index in [1.807, 2.05) is 13.8 Å². The zero-order valence-corrected chi connectivity index (χ0v) is 9.37. The maximum atomic E-state index is 11.4. The molecule has 6 heteroatoms. The average molecular weight is 212 g/mol. The van der Waals surface area contributed by atoms with Crippen LogP contribution in [0.1, 0.15) is 20.8 Å². The molecule has 0 radical (unpaired) electrons. The van der Waals surface area contributed by atoms with Gasteiger partial charge in [-0.05, 0) is 20.8 Å². The Morgan fingerprint density at radius 3 is 2.31 bits per heavy atom. The molecule has 0 N–H and O–H groups in total. The lowest BCUT2D eigenvalue weighted by Gasteiger charge is -2.15. The van der Waals surface area contributed by atoms with E-state index in [0.29, 0.717) is 0 Å². The summed E-state index contributed by atoms with van der Waals surface area (Å²) in [6.45, 7) is 5.58.